The minimum Gasteiger partial charge on any atom is -0.336 e. The number of hydrogen-bond acceptors (Lipinski definition) is 2. The van der Waals surface area contributed by atoms with Gasteiger partial charge in [0.2, 0.25) is 0 Å². The Kier molecular flexibility index (Phi) is 6.26. The molecule has 2 amide bonds. The first-order valence-corrected chi connectivity index (χ1v) is 9.39. The topological polar surface area (TPSA) is 44.4 Å². The predicted octanol–water partition coefficient (Wildman–Crippen LogP) is 4.64. The molecular weight excluding hydrogens is 353 g/mol. The van der Waals surface area contributed by atoms with Crippen molar-refractivity contribution in [1.82, 2.24) is 15.5 Å². The molecule has 0 aliphatic carbocycles. The first kappa shape index (κ1) is 19.8. The lowest BCUT2D eigenvalue weighted by Gasteiger charge is -2.26. The Morgan fingerprint density at radius 2 is 1.75 bits per heavy atom. The standard InChI is InChI=1S/C23H26FN3O/c1-16(20-13-7-9-17-8-4-5-12-21(17)20)26-23(28)25-15-22(27(2)3)18-10-6-11-19(24)14-18/h4-14,16,22H,15H2,1-3H3,(H2,25,26,28). The van der Waals surface area contributed by atoms with E-state index >= 15 is 0 Å². The van der Waals surface area contributed by atoms with Gasteiger partial charge in [-0.25, -0.2) is 9.18 Å². The Hall–Kier alpha value is -2.92. The summed E-state index contributed by atoms with van der Waals surface area (Å²) in [4.78, 5) is 14.4. The van der Waals surface area contributed by atoms with Crippen LogP contribution in [0.5, 0.6) is 0 Å². The van der Waals surface area contributed by atoms with Crippen molar-refractivity contribution in [2.24, 2.45) is 0 Å². The van der Waals surface area contributed by atoms with Crippen LogP contribution < -0.4 is 10.6 Å². The van der Waals surface area contributed by atoms with Crippen LogP contribution in [-0.2, 0) is 0 Å². The zero-order valence-electron chi connectivity index (χ0n) is 16.4. The third kappa shape index (κ3) is 4.67. The highest BCUT2D eigenvalue weighted by Gasteiger charge is 2.17. The van der Waals surface area contributed by atoms with Gasteiger partial charge in [0.1, 0.15) is 5.82 Å². The van der Waals surface area contributed by atoms with Crippen LogP contribution in [0.15, 0.2) is 66.7 Å². The third-order valence-electron chi connectivity index (χ3n) is 4.95. The molecule has 2 unspecified atom stereocenters. The Morgan fingerprint density at radius 1 is 1.04 bits per heavy atom. The van der Waals surface area contributed by atoms with Crippen LogP contribution in [0.25, 0.3) is 10.8 Å². The number of urea groups is 1. The lowest BCUT2D eigenvalue weighted by Crippen LogP contribution is -2.41. The van der Waals surface area contributed by atoms with E-state index < -0.39 is 0 Å². The molecule has 4 nitrogen and oxygen atoms in total. The molecule has 3 aromatic carbocycles. The van der Waals surface area contributed by atoms with Crippen molar-refractivity contribution in [3.05, 3.63) is 83.7 Å². The highest BCUT2D eigenvalue weighted by atomic mass is 19.1. The number of halogens is 1. The van der Waals surface area contributed by atoms with Crippen LogP contribution in [-0.4, -0.2) is 31.6 Å². The van der Waals surface area contributed by atoms with Crippen molar-refractivity contribution < 1.29 is 9.18 Å². The predicted molar refractivity (Wildman–Crippen MR) is 112 cm³/mol. The van der Waals surface area contributed by atoms with E-state index in [2.05, 4.69) is 28.8 Å². The van der Waals surface area contributed by atoms with Gasteiger partial charge in [0.25, 0.3) is 0 Å². The monoisotopic (exact) mass is 379 g/mol. The van der Waals surface area contributed by atoms with Crippen LogP contribution in [0, 0.1) is 5.82 Å². The van der Waals surface area contributed by atoms with E-state index in [-0.39, 0.29) is 23.9 Å². The summed E-state index contributed by atoms with van der Waals surface area (Å²) in [6.45, 7) is 2.35. The molecule has 0 fully saturated rings. The lowest BCUT2D eigenvalue weighted by molar-refractivity contribution is 0.230. The van der Waals surface area contributed by atoms with E-state index in [1.165, 1.54) is 12.1 Å². The maximum absolute atomic E-state index is 13.6. The number of rotatable bonds is 6. The number of nitrogens with one attached hydrogen (secondary N) is 2. The second-order valence-electron chi connectivity index (χ2n) is 7.18. The van der Waals surface area contributed by atoms with Gasteiger partial charge in [-0.05, 0) is 55.1 Å². The molecule has 0 aliphatic rings. The zero-order valence-corrected chi connectivity index (χ0v) is 16.4. The van der Waals surface area contributed by atoms with Crippen molar-refractivity contribution in [1.29, 1.82) is 0 Å². The minimum atomic E-state index is -0.279. The fourth-order valence-corrected chi connectivity index (χ4v) is 3.46. The summed E-state index contributed by atoms with van der Waals surface area (Å²) in [5.74, 6) is -0.279. The fourth-order valence-electron chi connectivity index (χ4n) is 3.46. The Morgan fingerprint density at radius 3 is 2.50 bits per heavy atom. The number of hydrogen-bond donors (Lipinski definition) is 2. The summed E-state index contributed by atoms with van der Waals surface area (Å²) in [5.41, 5.74) is 1.90. The second kappa shape index (κ2) is 8.85. The molecule has 3 aromatic rings. The summed E-state index contributed by atoms with van der Waals surface area (Å²) < 4.78 is 13.6. The molecule has 146 valence electrons. The summed E-state index contributed by atoms with van der Waals surface area (Å²) >= 11 is 0. The van der Waals surface area contributed by atoms with Gasteiger partial charge in [-0.3, -0.25) is 0 Å². The summed E-state index contributed by atoms with van der Waals surface area (Å²) in [6.07, 6.45) is 0. The SMILES string of the molecule is CC(NC(=O)NCC(c1cccc(F)c1)N(C)C)c1cccc2ccccc12. The van der Waals surface area contributed by atoms with Gasteiger partial charge in [0, 0.05) is 6.54 Å². The quantitative estimate of drug-likeness (QED) is 0.655. The van der Waals surface area contributed by atoms with E-state index in [0.717, 1.165) is 21.9 Å². The molecule has 28 heavy (non-hydrogen) atoms. The van der Waals surface area contributed by atoms with Crippen LogP contribution in [0.4, 0.5) is 9.18 Å². The number of benzene rings is 3. The number of amides is 2. The molecule has 0 heterocycles. The van der Waals surface area contributed by atoms with Crippen molar-refractivity contribution in [2.75, 3.05) is 20.6 Å². The van der Waals surface area contributed by atoms with Crippen LogP contribution in [0.1, 0.15) is 30.1 Å². The minimum absolute atomic E-state index is 0.116. The van der Waals surface area contributed by atoms with Gasteiger partial charge < -0.3 is 15.5 Å². The molecule has 0 aliphatic heterocycles. The van der Waals surface area contributed by atoms with Crippen molar-refractivity contribution >= 4 is 16.8 Å². The maximum atomic E-state index is 13.6. The maximum Gasteiger partial charge on any atom is 0.315 e. The number of fused-ring (bicyclic) bond motifs is 1. The molecule has 0 spiro atoms. The molecule has 2 N–H and O–H groups in total. The van der Waals surface area contributed by atoms with Gasteiger partial charge in [-0.1, -0.05) is 54.6 Å². The van der Waals surface area contributed by atoms with Crippen LogP contribution in [0.2, 0.25) is 0 Å². The first-order valence-electron chi connectivity index (χ1n) is 9.39. The molecule has 3 rings (SSSR count). The van der Waals surface area contributed by atoms with E-state index in [0.29, 0.717) is 6.54 Å². The highest BCUT2D eigenvalue weighted by molar-refractivity contribution is 5.86. The number of nitrogens with zero attached hydrogens (tertiary/aromatic N) is 1. The Labute approximate surface area is 165 Å². The van der Waals surface area contributed by atoms with E-state index in [1.54, 1.807) is 6.07 Å². The smallest absolute Gasteiger partial charge is 0.315 e. The van der Waals surface area contributed by atoms with Crippen molar-refractivity contribution in [3.63, 3.8) is 0 Å². The van der Waals surface area contributed by atoms with Gasteiger partial charge in [-0.15, -0.1) is 0 Å². The van der Waals surface area contributed by atoms with Gasteiger partial charge in [0.15, 0.2) is 0 Å². The molecule has 0 aromatic heterocycles. The van der Waals surface area contributed by atoms with Gasteiger partial charge in [0.05, 0.1) is 12.1 Å². The summed E-state index contributed by atoms with van der Waals surface area (Å²) in [5, 5.41) is 8.19. The molecule has 0 bridgehead atoms. The number of carbonyl (C=O) groups excluding carboxylic acids is 1. The Balaban J connectivity index is 1.66. The molecule has 0 saturated heterocycles. The Bertz CT molecular complexity index is 952. The summed E-state index contributed by atoms with van der Waals surface area (Å²) in [6, 6.07) is 20.2. The lowest BCUT2D eigenvalue weighted by atomic mass is 10.00. The molecule has 0 saturated carbocycles. The first-order chi connectivity index (χ1) is 13.5. The van der Waals surface area contributed by atoms with Crippen LogP contribution in [0.3, 0.4) is 0 Å². The van der Waals surface area contributed by atoms with Crippen molar-refractivity contribution in [2.45, 2.75) is 19.0 Å². The average molecular weight is 379 g/mol. The van der Waals surface area contributed by atoms with E-state index in [9.17, 15) is 9.18 Å². The van der Waals surface area contributed by atoms with E-state index in [4.69, 9.17) is 0 Å². The van der Waals surface area contributed by atoms with Gasteiger partial charge >= 0.3 is 6.03 Å². The molecular formula is C23H26FN3O. The second-order valence-corrected chi connectivity index (χ2v) is 7.18. The number of likely N-dealkylation sites (N-methyl/N-ethyl adjacent to an activating group) is 1. The average Bonchev–Trinajstić information content (AvgIpc) is 2.67. The van der Waals surface area contributed by atoms with Crippen LogP contribution >= 0.6 is 0 Å². The molecule has 5 heteroatoms. The third-order valence-corrected chi connectivity index (χ3v) is 4.95. The largest absolute Gasteiger partial charge is 0.336 e. The normalized spacial score (nSPS) is 13.3. The summed E-state index contributed by atoms with van der Waals surface area (Å²) in [7, 11) is 3.82. The fraction of sp³-hybridized carbons (Fsp3) is 0.261. The van der Waals surface area contributed by atoms with Crippen molar-refractivity contribution in [3.8, 4) is 0 Å². The van der Waals surface area contributed by atoms with Gasteiger partial charge in [-0.2, -0.15) is 0 Å². The highest BCUT2D eigenvalue weighted by Crippen LogP contribution is 2.24. The zero-order chi connectivity index (χ0) is 20.1. The molecule has 0 radical (unpaired) electrons. The van der Waals surface area contributed by atoms with E-state index in [1.807, 2.05) is 56.3 Å². The molecule has 2 atom stereocenters. The number of carbonyl (C=O) groups is 1.